The summed E-state index contributed by atoms with van der Waals surface area (Å²) in [5.41, 5.74) is -0.0335. The molecule has 0 saturated heterocycles. The molecular formula is C23H32O3Si. The van der Waals surface area contributed by atoms with Crippen LogP contribution < -0.4 is 9.92 Å². The smallest absolute Gasteiger partial charge is 0.311 e. The molecule has 0 aliphatic heterocycles. The summed E-state index contributed by atoms with van der Waals surface area (Å²) in [7, 11) is -1.68. The summed E-state index contributed by atoms with van der Waals surface area (Å²) in [6.45, 7) is 11.1. The predicted molar refractivity (Wildman–Crippen MR) is 114 cm³/mol. The molecule has 0 heterocycles. The second kappa shape index (κ2) is 9.33. The van der Waals surface area contributed by atoms with E-state index in [2.05, 4.69) is 58.1 Å². The number of hydrogen-bond donors (Lipinski definition) is 0. The highest BCUT2D eigenvalue weighted by atomic mass is 28.3. The highest BCUT2D eigenvalue weighted by molar-refractivity contribution is 6.89. The fraction of sp³-hybridized carbons (Fsp3) is 0.435. The van der Waals surface area contributed by atoms with Crippen molar-refractivity contribution in [2.75, 3.05) is 6.23 Å². The maximum Gasteiger partial charge on any atom is 0.311 e. The number of esters is 1. The molecule has 0 N–H and O–H groups in total. The molecule has 0 fully saturated rings. The molecule has 4 heteroatoms. The molecule has 27 heavy (non-hydrogen) atoms. The number of hydrogen-bond acceptors (Lipinski definition) is 3. The monoisotopic (exact) mass is 384 g/mol. The molecule has 146 valence electrons. The molecule has 1 unspecified atom stereocenters. The Morgan fingerprint density at radius 3 is 2.07 bits per heavy atom. The minimum Gasteiger partial charge on any atom is -0.427 e. The van der Waals surface area contributed by atoms with Crippen LogP contribution in [0, 0.1) is 5.41 Å². The lowest BCUT2D eigenvalue weighted by Gasteiger charge is -2.34. The minimum absolute atomic E-state index is 0.0105. The van der Waals surface area contributed by atoms with Gasteiger partial charge < -0.3 is 9.47 Å². The first-order valence-corrected chi connectivity index (χ1v) is 12.8. The molecule has 2 rings (SSSR count). The second-order valence-corrected chi connectivity index (χ2v) is 13.4. The van der Waals surface area contributed by atoms with Gasteiger partial charge in [-0.05, 0) is 24.0 Å². The molecule has 3 nitrogen and oxygen atoms in total. The first kappa shape index (κ1) is 21.4. The average Bonchev–Trinajstić information content (AvgIpc) is 2.62. The Hall–Kier alpha value is -1.91. The summed E-state index contributed by atoms with van der Waals surface area (Å²) in [5.74, 6) is 0.381. The second-order valence-electron chi connectivity index (χ2n) is 8.74. The van der Waals surface area contributed by atoms with Crippen LogP contribution in [0.15, 0.2) is 60.7 Å². The molecule has 0 aromatic heterocycles. The summed E-state index contributed by atoms with van der Waals surface area (Å²) >= 11 is 0. The fourth-order valence-corrected chi connectivity index (χ4v) is 4.85. The van der Waals surface area contributed by atoms with E-state index in [1.54, 1.807) is 12.1 Å². The Kier molecular flexibility index (Phi) is 7.39. The summed E-state index contributed by atoms with van der Waals surface area (Å²) in [5, 5.41) is 1.39. The lowest BCUT2D eigenvalue weighted by molar-refractivity contribution is -0.135. The minimum atomic E-state index is -1.68. The van der Waals surface area contributed by atoms with E-state index in [9.17, 15) is 4.79 Å². The number of rotatable bonds is 8. The Labute approximate surface area is 164 Å². The Balaban J connectivity index is 1.92. The van der Waals surface area contributed by atoms with Gasteiger partial charge in [0.15, 0.2) is 0 Å². The van der Waals surface area contributed by atoms with E-state index < -0.39 is 8.07 Å². The van der Waals surface area contributed by atoms with E-state index in [0.717, 1.165) is 6.23 Å². The van der Waals surface area contributed by atoms with Gasteiger partial charge in [-0.1, -0.05) is 87.6 Å². The van der Waals surface area contributed by atoms with Crippen molar-refractivity contribution in [3.8, 4) is 5.75 Å². The van der Waals surface area contributed by atoms with Crippen molar-refractivity contribution in [1.29, 1.82) is 0 Å². The number of para-hydroxylation sites is 1. The first-order valence-electron chi connectivity index (χ1n) is 9.61. The zero-order valence-corrected chi connectivity index (χ0v) is 18.2. The zero-order valence-electron chi connectivity index (χ0n) is 17.2. The molecular weight excluding hydrogens is 352 g/mol. The van der Waals surface area contributed by atoms with Gasteiger partial charge in [-0.15, -0.1) is 0 Å². The van der Waals surface area contributed by atoms with Gasteiger partial charge in [-0.25, -0.2) is 0 Å². The molecule has 2 aromatic rings. The third kappa shape index (κ3) is 6.96. The lowest BCUT2D eigenvalue weighted by Crippen LogP contribution is -2.48. The highest BCUT2D eigenvalue weighted by Crippen LogP contribution is 2.27. The van der Waals surface area contributed by atoms with Crippen molar-refractivity contribution in [3.05, 3.63) is 60.7 Å². The van der Waals surface area contributed by atoms with E-state index in [1.165, 1.54) is 5.19 Å². The summed E-state index contributed by atoms with van der Waals surface area (Å²) in [6, 6.07) is 19.8. The average molecular weight is 385 g/mol. The van der Waals surface area contributed by atoms with Crippen LogP contribution in [-0.2, 0) is 9.53 Å². The molecule has 0 saturated carbocycles. The van der Waals surface area contributed by atoms with Crippen LogP contribution in [0.1, 0.15) is 33.6 Å². The summed E-state index contributed by atoms with van der Waals surface area (Å²) in [4.78, 5) is 12.2. The molecule has 0 aliphatic carbocycles. The lowest BCUT2D eigenvalue weighted by atomic mass is 9.86. The van der Waals surface area contributed by atoms with Crippen molar-refractivity contribution >= 4 is 19.2 Å². The number of ether oxygens (including phenoxy) is 2. The van der Waals surface area contributed by atoms with E-state index >= 15 is 0 Å². The fourth-order valence-electron chi connectivity index (χ4n) is 2.97. The number of carbonyl (C=O) groups is 1. The largest absolute Gasteiger partial charge is 0.427 e. The molecule has 1 atom stereocenters. The summed E-state index contributed by atoms with van der Waals surface area (Å²) < 4.78 is 11.8. The van der Waals surface area contributed by atoms with Crippen LogP contribution in [-0.4, -0.2) is 26.4 Å². The van der Waals surface area contributed by atoms with Gasteiger partial charge in [-0.2, -0.15) is 0 Å². The zero-order chi connectivity index (χ0) is 19.9. The predicted octanol–water partition coefficient (Wildman–Crippen LogP) is 4.96. The highest BCUT2D eigenvalue weighted by Gasteiger charge is 2.31. The van der Waals surface area contributed by atoms with Crippen LogP contribution in [0.25, 0.3) is 0 Å². The van der Waals surface area contributed by atoms with Crippen LogP contribution in [0.4, 0.5) is 0 Å². The van der Waals surface area contributed by atoms with Crippen LogP contribution >= 0.6 is 0 Å². The first-order chi connectivity index (χ1) is 12.7. The molecule has 0 radical (unpaired) electrons. The maximum absolute atomic E-state index is 12.2. The van der Waals surface area contributed by atoms with Gasteiger partial charge in [0.25, 0.3) is 0 Å². The molecule has 0 aliphatic rings. The summed E-state index contributed by atoms with van der Waals surface area (Å²) in [6.07, 6.45) is 1.77. The Morgan fingerprint density at radius 1 is 0.963 bits per heavy atom. The SMILES string of the molecule is CC(C)(C)C(CCC(=O)Oc1ccccc1)OC[Si](C)(C)c1ccccc1. The van der Waals surface area contributed by atoms with Gasteiger partial charge in [0.05, 0.1) is 6.10 Å². The quantitative estimate of drug-likeness (QED) is 0.367. The number of benzene rings is 2. The topological polar surface area (TPSA) is 35.5 Å². The van der Waals surface area contributed by atoms with Gasteiger partial charge in [-0.3, -0.25) is 4.79 Å². The van der Waals surface area contributed by atoms with Gasteiger partial charge in [0, 0.05) is 12.7 Å². The standard InChI is InChI=1S/C23H32O3Si/c1-23(2,3)21(16-17-22(24)26-19-12-8-6-9-13-19)25-18-27(4,5)20-14-10-7-11-15-20/h6-15,21H,16-18H2,1-5H3. The van der Waals surface area contributed by atoms with Crippen molar-refractivity contribution in [2.24, 2.45) is 5.41 Å². The molecule has 0 bridgehead atoms. The normalized spacial score (nSPS) is 13.2. The van der Waals surface area contributed by atoms with E-state index in [-0.39, 0.29) is 17.5 Å². The van der Waals surface area contributed by atoms with Crippen LogP contribution in [0.5, 0.6) is 5.75 Å². The molecule has 0 amide bonds. The molecule has 2 aromatic carbocycles. The van der Waals surface area contributed by atoms with Gasteiger partial charge >= 0.3 is 5.97 Å². The van der Waals surface area contributed by atoms with E-state index in [1.807, 2.05) is 24.3 Å². The van der Waals surface area contributed by atoms with Gasteiger partial charge in [0.1, 0.15) is 13.8 Å². The molecule has 0 spiro atoms. The third-order valence-corrected chi connectivity index (χ3v) is 7.54. The number of carbonyl (C=O) groups excluding carboxylic acids is 1. The van der Waals surface area contributed by atoms with Gasteiger partial charge in [0.2, 0.25) is 0 Å². The van der Waals surface area contributed by atoms with Crippen LogP contribution in [0.2, 0.25) is 13.1 Å². The van der Waals surface area contributed by atoms with E-state index in [4.69, 9.17) is 9.47 Å². The third-order valence-electron chi connectivity index (χ3n) is 4.75. The van der Waals surface area contributed by atoms with Crippen molar-refractivity contribution in [2.45, 2.75) is 52.8 Å². The maximum atomic E-state index is 12.2. The Bertz CT molecular complexity index is 705. The Morgan fingerprint density at radius 2 is 1.52 bits per heavy atom. The van der Waals surface area contributed by atoms with Crippen molar-refractivity contribution in [1.82, 2.24) is 0 Å². The van der Waals surface area contributed by atoms with Crippen molar-refractivity contribution < 1.29 is 14.3 Å². The van der Waals surface area contributed by atoms with Crippen molar-refractivity contribution in [3.63, 3.8) is 0 Å². The van der Waals surface area contributed by atoms with Crippen LogP contribution in [0.3, 0.4) is 0 Å². The van der Waals surface area contributed by atoms with E-state index in [0.29, 0.717) is 18.6 Å².